The molecule has 0 fully saturated rings. The van der Waals surface area contributed by atoms with E-state index in [1.165, 1.54) is 0 Å². The molecule has 1 aromatic heterocycles. The highest BCUT2D eigenvalue weighted by atomic mass is 35.5. The Kier molecular flexibility index (Phi) is 4.17. The van der Waals surface area contributed by atoms with Crippen LogP contribution in [-0.4, -0.2) is 25.6 Å². The van der Waals surface area contributed by atoms with E-state index in [1.54, 1.807) is 0 Å². The van der Waals surface area contributed by atoms with Gasteiger partial charge in [-0.2, -0.15) is 0 Å². The normalized spacial score (nSPS) is 10.3. The van der Waals surface area contributed by atoms with Crippen molar-refractivity contribution in [3.63, 3.8) is 0 Å². The SMILES string of the molecule is CCN(C)c1ccc(Cl)c(CNC)n1. The molecule has 14 heavy (non-hydrogen) atoms. The molecule has 0 aliphatic rings. The maximum absolute atomic E-state index is 6.00. The predicted octanol–water partition coefficient (Wildman–Crippen LogP) is 1.91. The molecule has 1 N–H and O–H groups in total. The fourth-order valence-corrected chi connectivity index (χ4v) is 1.31. The van der Waals surface area contributed by atoms with Crippen molar-refractivity contribution < 1.29 is 0 Å². The number of rotatable bonds is 4. The average Bonchev–Trinajstić information content (AvgIpc) is 2.20. The van der Waals surface area contributed by atoms with Gasteiger partial charge in [-0.05, 0) is 26.1 Å². The molecule has 0 spiro atoms. The number of aromatic nitrogens is 1. The van der Waals surface area contributed by atoms with Crippen molar-refractivity contribution in [3.8, 4) is 0 Å². The third kappa shape index (κ3) is 2.59. The molecular weight excluding hydrogens is 198 g/mol. The lowest BCUT2D eigenvalue weighted by molar-refractivity contribution is 0.786. The van der Waals surface area contributed by atoms with Gasteiger partial charge in [0.1, 0.15) is 5.82 Å². The van der Waals surface area contributed by atoms with Crippen molar-refractivity contribution >= 4 is 17.4 Å². The van der Waals surface area contributed by atoms with Crippen molar-refractivity contribution in [2.75, 3.05) is 25.5 Å². The molecular formula is C10H16ClN3. The standard InChI is InChI=1S/C10H16ClN3/c1-4-14(3)10-6-5-8(11)9(13-10)7-12-2/h5-6,12H,4,7H2,1-3H3. The number of hydrogen-bond donors (Lipinski definition) is 1. The molecule has 4 heteroatoms. The molecule has 1 aromatic rings. The largest absolute Gasteiger partial charge is 0.360 e. The molecule has 0 saturated heterocycles. The molecule has 0 atom stereocenters. The smallest absolute Gasteiger partial charge is 0.128 e. The second-order valence-corrected chi connectivity index (χ2v) is 3.55. The van der Waals surface area contributed by atoms with E-state index >= 15 is 0 Å². The Morgan fingerprint density at radius 3 is 2.79 bits per heavy atom. The summed E-state index contributed by atoms with van der Waals surface area (Å²) in [5.41, 5.74) is 0.895. The van der Waals surface area contributed by atoms with E-state index in [1.807, 2.05) is 26.2 Å². The van der Waals surface area contributed by atoms with Crippen LogP contribution >= 0.6 is 11.6 Å². The molecule has 1 heterocycles. The summed E-state index contributed by atoms with van der Waals surface area (Å²) in [5.74, 6) is 0.960. The number of nitrogens with one attached hydrogen (secondary N) is 1. The molecule has 0 bridgehead atoms. The zero-order valence-corrected chi connectivity index (χ0v) is 9.60. The minimum absolute atomic E-state index is 0.699. The van der Waals surface area contributed by atoms with E-state index in [9.17, 15) is 0 Å². The van der Waals surface area contributed by atoms with Gasteiger partial charge in [0.05, 0.1) is 10.7 Å². The molecule has 0 aliphatic heterocycles. The van der Waals surface area contributed by atoms with Crippen LogP contribution in [0.25, 0.3) is 0 Å². The van der Waals surface area contributed by atoms with Gasteiger partial charge in [0.2, 0.25) is 0 Å². The van der Waals surface area contributed by atoms with Gasteiger partial charge in [-0.3, -0.25) is 0 Å². The van der Waals surface area contributed by atoms with E-state index in [0.717, 1.165) is 18.1 Å². The summed E-state index contributed by atoms with van der Waals surface area (Å²) < 4.78 is 0. The maximum Gasteiger partial charge on any atom is 0.128 e. The first kappa shape index (κ1) is 11.3. The number of pyridine rings is 1. The van der Waals surface area contributed by atoms with E-state index in [2.05, 4.69) is 22.1 Å². The summed E-state index contributed by atoms with van der Waals surface area (Å²) in [6, 6.07) is 3.83. The Morgan fingerprint density at radius 1 is 1.50 bits per heavy atom. The molecule has 0 aliphatic carbocycles. The Balaban J connectivity index is 2.93. The highest BCUT2D eigenvalue weighted by Crippen LogP contribution is 2.18. The third-order valence-corrected chi connectivity index (χ3v) is 2.46. The summed E-state index contributed by atoms with van der Waals surface area (Å²) in [6.45, 7) is 3.73. The summed E-state index contributed by atoms with van der Waals surface area (Å²) in [4.78, 5) is 6.54. The summed E-state index contributed by atoms with van der Waals surface area (Å²) in [7, 11) is 3.90. The van der Waals surface area contributed by atoms with Gasteiger partial charge in [-0.1, -0.05) is 11.6 Å². The minimum Gasteiger partial charge on any atom is -0.360 e. The van der Waals surface area contributed by atoms with Crippen molar-refractivity contribution in [1.29, 1.82) is 0 Å². The molecule has 78 valence electrons. The highest BCUT2D eigenvalue weighted by molar-refractivity contribution is 6.31. The van der Waals surface area contributed by atoms with Crippen molar-refractivity contribution in [1.82, 2.24) is 10.3 Å². The fraction of sp³-hybridized carbons (Fsp3) is 0.500. The lowest BCUT2D eigenvalue weighted by Crippen LogP contribution is -2.18. The summed E-state index contributed by atoms with van der Waals surface area (Å²) in [6.07, 6.45) is 0. The van der Waals surface area contributed by atoms with Crippen molar-refractivity contribution in [2.45, 2.75) is 13.5 Å². The third-order valence-electron chi connectivity index (χ3n) is 2.11. The van der Waals surface area contributed by atoms with Crippen LogP contribution in [0.4, 0.5) is 5.82 Å². The Morgan fingerprint density at radius 2 is 2.21 bits per heavy atom. The molecule has 3 nitrogen and oxygen atoms in total. The van der Waals surface area contributed by atoms with Crippen LogP contribution in [0.3, 0.4) is 0 Å². The van der Waals surface area contributed by atoms with Gasteiger partial charge < -0.3 is 10.2 Å². The van der Waals surface area contributed by atoms with Crippen molar-refractivity contribution in [2.24, 2.45) is 0 Å². The minimum atomic E-state index is 0.699. The number of anilines is 1. The van der Waals surface area contributed by atoms with Gasteiger partial charge in [-0.15, -0.1) is 0 Å². The fourth-order valence-electron chi connectivity index (χ4n) is 1.14. The Bertz CT molecular complexity index is 301. The first-order valence-electron chi connectivity index (χ1n) is 4.70. The highest BCUT2D eigenvalue weighted by Gasteiger charge is 2.05. The van der Waals surface area contributed by atoms with Crippen LogP contribution in [0, 0.1) is 0 Å². The number of hydrogen-bond acceptors (Lipinski definition) is 3. The molecule has 0 unspecified atom stereocenters. The Labute approximate surface area is 90.1 Å². The second kappa shape index (κ2) is 5.17. The maximum atomic E-state index is 6.00. The van der Waals surface area contributed by atoms with E-state index < -0.39 is 0 Å². The van der Waals surface area contributed by atoms with Gasteiger partial charge in [0.25, 0.3) is 0 Å². The monoisotopic (exact) mass is 213 g/mol. The molecule has 0 saturated carbocycles. The van der Waals surface area contributed by atoms with Gasteiger partial charge in [-0.25, -0.2) is 4.98 Å². The molecule has 0 aromatic carbocycles. The van der Waals surface area contributed by atoms with Crippen LogP contribution in [0.5, 0.6) is 0 Å². The van der Waals surface area contributed by atoms with Gasteiger partial charge >= 0.3 is 0 Å². The Hall–Kier alpha value is -0.800. The van der Waals surface area contributed by atoms with E-state index in [-0.39, 0.29) is 0 Å². The zero-order chi connectivity index (χ0) is 10.6. The van der Waals surface area contributed by atoms with Gasteiger partial charge in [0.15, 0.2) is 0 Å². The van der Waals surface area contributed by atoms with Crippen LogP contribution in [0.1, 0.15) is 12.6 Å². The summed E-state index contributed by atoms with van der Waals surface area (Å²) >= 11 is 6.00. The topological polar surface area (TPSA) is 28.2 Å². The van der Waals surface area contributed by atoms with Crippen molar-refractivity contribution in [3.05, 3.63) is 22.8 Å². The van der Waals surface area contributed by atoms with Crippen LogP contribution < -0.4 is 10.2 Å². The van der Waals surface area contributed by atoms with Crippen LogP contribution in [0.15, 0.2) is 12.1 Å². The lowest BCUT2D eigenvalue weighted by Gasteiger charge is -2.16. The summed E-state index contributed by atoms with van der Waals surface area (Å²) in [5, 5.41) is 3.76. The first-order valence-corrected chi connectivity index (χ1v) is 5.08. The first-order chi connectivity index (χ1) is 6.69. The van der Waals surface area contributed by atoms with E-state index in [4.69, 9.17) is 11.6 Å². The lowest BCUT2D eigenvalue weighted by atomic mass is 10.3. The predicted molar refractivity (Wildman–Crippen MR) is 61.0 cm³/mol. The zero-order valence-electron chi connectivity index (χ0n) is 8.84. The molecule has 0 radical (unpaired) electrons. The van der Waals surface area contributed by atoms with Gasteiger partial charge in [0, 0.05) is 20.1 Å². The van der Waals surface area contributed by atoms with Crippen LogP contribution in [-0.2, 0) is 6.54 Å². The second-order valence-electron chi connectivity index (χ2n) is 3.14. The average molecular weight is 214 g/mol. The van der Waals surface area contributed by atoms with E-state index in [0.29, 0.717) is 11.6 Å². The number of nitrogens with zero attached hydrogens (tertiary/aromatic N) is 2. The number of halogens is 1. The quantitative estimate of drug-likeness (QED) is 0.829. The molecule has 1 rings (SSSR count). The van der Waals surface area contributed by atoms with Crippen LogP contribution in [0.2, 0.25) is 5.02 Å². The molecule has 0 amide bonds.